The molecule has 0 saturated carbocycles. The third-order valence-electron chi connectivity index (χ3n) is 3.15. The molecule has 0 aliphatic carbocycles. The lowest BCUT2D eigenvalue weighted by Gasteiger charge is -2.30. The highest BCUT2D eigenvalue weighted by atomic mass is 16.5. The summed E-state index contributed by atoms with van der Waals surface area (Å²) in [5, 5.41) is 7.87. The van der Waals surface area contributed by atoms with Crippen molar-refractivity contribution in [2.24, 2.45) is 13.0 Å². The molecule has 19 heavy (non-hydrogen) atoms. The van der Waals surface area contributed by atoms with Crippen LogP contribution in [-0.2, 0) is 16.6 Å². The summed E-state index contributed by atoms with van der Waals surface area (Å²) in [6.07, 6.45) is 3.01. The molecule has 1 amide bonds. The number of aryl methyl sites for hydroxylation is 1. The first-order chi connectivity index (χ1) is 9.11. The summed E-state index contributed by atoms with van der Waals surface area (Å²) < 4.78 is 5.01. The van der Waals surface area contributed by atoms with E-state index in [1.54, 1.807) is 18.9 Å². The quantitative estimate of drug-likeness (QED) is 0.732. The van der Waals surface area contributed by atoms with Gasteiger partial charge in [0, 0.05) is 20.1 Å². The second kappa shape index (κ2) is 5.81. The first-order valence-electron chi connectivity index (χ1n) is 6.44. The van der Waals surface area contributed by atoms with Crippen LogP contribution in [0.4, 0.5) is 0 Å². The maximum absolute atomic E-state index is 12.2. The van der Waals surface area contributed by atoms with Gasteiger partial charge in [-0.2, -0.15) is 9.90 Å². The Bertz CT molecular complexity index is 471. The van der Waals surface area contributed by atoms with Gasteiger partial charge in [0.2, 0.25) is 0 Å². The molecule has 1 aromatic rings. The third-order valence-corrected chi connectivity index (χ3v) is 3.15. The summed E-state index contributed by atoms with van der Waals surface area (Å²) in [6, 6.07) is 0. The lowest BCUT2D eigenvalue weighted by atomic mass is 9.98. The lowest BCUT2D eigenvalue weighted by Crippen LogP contribution is -2.43. The zero-order valence-electron chi connectivity index (χ0n) is 11.2. The number of aromatic nitrogens is 3. The molecule has 0 spiro atoms. The molecule has 1 unspecified atom stereocenters. The first kappa shape index (κ1) is 13.5. The summed E-state index contributed by atoms with van der Waals surface area (Å²) in [5.74, 6) is -0.629. The Kier molecular flexibility index (Phi) is 4.13. The van der Waals surface area contributed by atoms with Crippen molar-refractivity contribution in [3.8, 4) is 0 Å². The number of carbonyl (C=O) groups is 2. The summed E-state index contributed by atoms with van der Waals surface area (Å²) >= 11 is 0. The number of ether oxygens (including phenoxy) is 1. The summed E-state index contributed by atoms with van der Waals surface area (Å²) in [5.41, 5.74) is 0.312. The van der Waals surface area contributed by atoms with Gasteiger partial charge in [0.15, 0.2) is 5.69 Å². The Balaban J connectivity index is 2.01. The first-order valence-corrected chi connectivity index (χ1v) is 6.44. The molecule has 1 aliphatic rings. The minimum Gasteiger partial charge on any atom is -0.466 e. The molecule has 1 fully saturated rings. The van der Waals surface area contributed by atoms with Crippen LogP contribution < -0.4 is 0 Å². The number of hydrogen-bond acceptors (Lipinski definition) is 5. The third kappa shape index (κ3) is 3.10. The highest BCUT2D eigenvalue weighted by molar-refractivity contribution is 5.92. The minimum absolute atomic E-state index is 0.179. The van der Waals surface area contributed by atoms with Gasteiger partial charge >= 0.3 is 5.97 Å². The molecule has 0 N–H and O–H groups in total. The monoisotopic (exact) mass is 266 g/mol. The van der Waals surface area contributed by atoms with E-state index in [4.69, 9.17) is 4.74 Å². The molecular weight excluding hydrogens is 248 g/mol. The molecule has 0 aromatic carbocycles. The van der Waals surface area contributed by atoms with Gasteiger partial charge in [-0.15, -0.1) is 5.10 Å². The lowest BCUT2D eigenvalue weighted by molar-refractivity contribution is -0.149. The molecule has 1 saturated heterocycles. The van der Waals surface area contributed by atoms with Gasteiger partial charge in [-0.3, -0.25) is 9.59 Å². The predicted molar refractivity (Wildman–Crippen MR) is 66.3 cm³/mol. The van der Waals surface area contributed by atoms with E-state index in [1.807, 2.05) is 0 Å². The zero-order chi connectivity index (χ0) is 13.8. The fourth-order valence-corrected chi connectivity index (χ4v) is 2.22. The molecule has 7 heteroatoms. The molecule has 1 aromatic heterocycles. The van der Waals surface area contributed by atoms with Gasteiger partial charge in [-0.05, 0) is 19.8 Å². The number of amides is 1. The van der Waals surface area contributed by atoms with E-state index in [0.29, 0.717) is 25.4 Å². The van der Waals surface area contributed by atoms with Crippen LogP contribution >= 0.6 is 0 Å². The highest BCUT2D eigenvalue weighted by Gasteiger charge is 2.30. The van der Waals surface area contributed by atoms with Gasteiger partial charge in [-0.1, -0.05) is 0 Å². The van der Waals surface area contributed by atoms with Crippen LogP contribution in [0.2, 0.25) is 0 Å². The van der Waals surface area contributed by atoms with E-state index >= 15 is 0 Å². The molecule has 1 atom stereocenters. The van der Waals surface area contributed by atoms with Crippen molar-refractivity contribution >= 4 is 11.9 Å². The summed E-state index contributed by atoms with van der Waals surface area (Å²) in [6.45, 7) is 3.19. The van der Waals surface area contributed by atoms with Crippen molar-refractivity contribution in [3.05, 3.63) is 11.9 Å². The van der Waals surface area contributed by atoms with E-state index in [1.165, 1.54) is 11.0 Å². The van der Waals surface area contributed by atoms with E-state index in [9.17, 15) is 9.59 Å². The molecule has 1 aliphatic heterocycles. The Labute approximate surface area is 111 Å². The zero-order valence-corrected chi connectivity index (χ0v) is 11.2. The predicted octanol–water partition coefficient (Wildman–Crippen LogP) is 0.230. The highest BCUT2D eigenvalue weighted by Crippen LogP contribution is 2.19. The van der Waals surface area contributed by atoms with Crippen LogP contribution in [0.1, 0.15) is 30.3 Å². The largest absolute Gasteiger partial charge is 0.466 e. The molecule has 0 bridgehead atoms. The molecule has 0 radical (unpaired) electrons. The molecule has 7 nitrogen and oxygen atoms in total. The minimum atomic E-state index is -0.227. The Hall–Kier alpha value is -1.92. The van der Waals surface area contributed by atoms with Crippen LogP contribution in [0.5, 0.6) is 0 Å². The fraction of sp³-hybridized carbons (Fsp3) is 0.667. The number of piperidine rings is 1. The van der Waals surface area contributed by atoms with Gasteiger partial charge in [-0.25, -0.2) is 0 Å². The van der Waals surface area contributed by atoms with Crippen molar-refractivity contribution in [1.29, 1.82) is 0 Å². The van der Waals surface area contributed by atoms with Crippen LogP contribution in [0.3, 0.4) is 0 Å². The van der Waals surface area contributed by atoms with E-state index in [2.05, 4.69) is 10.2 Å². The maximum atomic E-state index is 12.2. The Morgan fingerprint density at radius 3 is 2.95 bits per heavy atom. The van der Waals surface area contributed by atoms with Gasteiger partial charge < -0.3 is 9.64 Å². The fourth-order valence-electron chi connectivity index (χ4n) is 2.22. The smallest absolute Gasteiger partial charge is 0.310 e. The van der Waals surface area contributed by atoms with Gasteiger partial charge in [0.05, 0.1) is 18.7 Å². The number of likely N-dealkylation sites (tertiary alicyclic amines) is 1. The van der Waals surface area contributed by atoms with Crippen LogP contribution in [0.15, 0.2) is 6.20 Å². The van der Waals surface area contributed by atoms with Crippen molar-refractivity contribution in [3.63, 3.8) is 0 Å². The molecule has 104 valence electrons. The molecule has 2 heterocycles. The Morgan fingerprint density at radius 1 is 1.53 bits per heavy atom. The van der Waals surface area contributed by atoms with E-state index in [0.717, 1.165) is 12.8 Å². The summed E-state index contributed by atoms with van der Waals surface area (Å²) in [7, 11) is 1.66. The SMILES string of the molecule is CCOC(=O)C1CCCN(C(=O)c2cnn(C)n2)C1. The summed E-state index contributed by atoms with van der Waals surface area (Å²) in [4.78, 5) is 26.9. The number of hydrogen-bond donors (Lipinski definition) is 0. The van der Waals surface area contributed by atoms with Crippen LogP contribution in [0, 0.1) is 5.92 Å². The topological polar surface area (TPSA) is 77.3 Å². The van der Waals surface area contributed by atoms with Crippen molar-refractivity contribution in [2.75, 3.05) is 19.7 Å². The second-order valence-corrected chi connectivity index (χ2v) is 4.56. The van der Waals surface area contributed by atoms with Crippen LogP contribution in [0.25, 0.3) is 0 Å². The standard InChI is InChI=1S/C12H18N4O3/c1-3-19-12(18)9-5-4-6-16(8-9)11(17)10-7-13-15(2)14-10/h7,9H,3-6,8H2,1-2H3. The molecular formula is C12H18N4O3. The van der Waals surface area contributed by atoms with Crippen molar-refractivity contribution < 1.29 is 14.3 Å². The molecule has 2 rings (SSSR count). The van der Waals surface area contributed by atoms with Crippen molar-refractivity contribution in [2.45, 2.75) is 19.8 Å². The van der Waals surface area contributed by atoms with Crippen molar-refractivity contribution in [1.82, 2.24) is 19.9 Å². The average molecular weight is 266 g/mol. The van der Waals surface area contributed by atoms with Gasteiger partial charge in [0.25, 0.3) is 5.91 Å². The number of carbonyl (C=O) groups excluding carboxylic acids is 2. The van der Waals surface area contributed by atoms with Crippen LogP contribution in [-0.4, -0.2) is 51.5 Å². The normalized spacial score (nSPS) is 19.3. The van der Waals surface area contributed by atoms with Gasteiger partial charge in [0.1, 0.15) is 0 Å². The van der Waals surface area contributed by atoms with E-state index in [-0.39, 0.29) is 17.8 Å². The number of nitrogens with zero attached hydrogens (tertiary/aromatic N) is 4. The average Bonchev–Trinajstić information content (AvgIpc) is 2.85. The maximum Gasteiger partial charge on any atom is 0.310 e. The van der Waals surface area contributed by atoms with E-state index < -0.39 is 0 Å². The number of esters is 1. The second-order valence-electron chi connectivity index (χ2n) is 4.56. The Morgan fingerprint density at radius 2 is 2.32 bits per heavy atom. The number of rotatable bonds is 3.